The van der Waals surface area contributed by atoms with Crippen LogP contribution < -0.4 is 22.1 Å². The maximum absolute atomic E-state index is 11.9. The van der Waals surface area contributed by atoms with Crippen LogP contribution in [0, 0.1) is 5.41 Å². The molecule has 0 aromatic heterocycles. The lowest BCUT2D eigenvalue weighted by molar-refractivity contribution is -0.130. The molecule has 0 fully saturated rings. The highest BCUT2D eigenvalue weighted by Gasteiger charge is 2.32. The van der Waals surface area contributed by atoms with E-state index in [1.165, 1.54) is 0 Å². The second-order valence-corrected chi connectivity index (χ2v) is 3.74. The number of nitrogens with one attached hydrogen (secondary N) is 2. The molecule has 0 saturated heterocycles. The molecule has 0 unspecified atom stereocenters. The van der Waals surface area contributed by atoms with E-state index in [9.17, 15) is 9.59 Å². The Hall–Kier alpha value is -1.30. The minimum absolute atomic E-state index is 0.0636. The van der Waals surface area contributed by atoms with Crippen molar-refractivity contribution in [1.82, 2.24) is 10.6 Å². The van der Waals surface area contributed by atoms with Gasteiger partial charge in [-0.2, -0.15) is 0 Å². The first-order valence-electron chi connectivity index (χ1n) is 5.54. The van der Waals surface area contributed by atoms with Crippen molar-refractivity contribution in [3.8, 4) is 0 Å². The van der Waals surface area contributed by atoms with Gasteiger partial charge in [0.05, 0.1) is 5.41 Å². The van der Waals surface area contributed by atoms with Gasteiger partial charge in [0, 0.05) is 19.6 Å². The van der Waals surface area contributed by atoms with Gasteiger partial charge in [0.15, 0.2) is 0 Å². The van der Waals surface area contributed by atoms with Gasteiger partial charge >= 0.3 is 6.03 Å². The minimum Gasteiger partial charge on any atom is -0.354 e. The van der Waals surface area contributed by atoms with Crippen molar-refractivity contribution in [1.29, 1.82) is 0 Å². The molecule has 0 bridgehead atoms. The van der Waals surface area contributed by atoms with Gasteiger partial charge in [-0.1, -0.05) is 13.8 Å². The molecule has 6 N–H and O–H groups in total. The molecule has 3 amide bonds. The van der Waals surface area contributed by atoms with Gasteiger partial charge < -0.3 is 22.1 Å². The fourth-order valence-electron chi connectivity index (χ4n) is 1.50. The molecule has 6 nitrogen and oxygen atoms in total. The average molecular weight is 230 g/mol. The number of amides is 3. The molecule has 0 aliphatic rings. The normalized spacial score (nSPS) is 10.9. The van der Waals surface area contributed by atoms with Crippen molar-refractivity contribution in [2.24, 2.45) is 16.9 Å². The van der Waals surface area contributed by atoms with E-state index < -0.39 is 11.4 Å². The summed E-state index contributed by atoms with van der Waals surface area (Å²) in [6, 6.07) is -0.592. The number of hydrogen-bond acceptors (Lipinski definition) is 3. The van der Waals surface area contributed by atoms with E-state index in [1.54, 1.807) is 0 Å². The summed E-state index contributed by atoms with van der Waals surface area (Å²) >= 11 is 0. The van der Waals surface area contributed by atoms with E-state index in [-0.39, 0.29) is 5.91 Å². The van der Waals surface area contributed by atoms with Crippen molar-refractivity contribution in [3.63, 3.8) is 0 Å². The van der Waals surface area contributed by atoms with Crippen molar-refractivity contribution in [2.45, 2.75) is 26.7 Å². The Balaban J connectivity index is 4.07. The molecule has 6 heteroatoms. The van der Waals surface area contributed by atoms with Crippen molar-refractivity contribution < 1.29 is 9.59 Å². The van der Waals surface area contributed by atoms with Gasteiger partial charge in [0.2, 0.25) is 5.91 Å². The summed E-state index contributed by atoms with van der Waals surface area (Å²) in [7, 11) is 0. The molecule has 0 rings (SSSR count). The number of carbonyl (C=O) groups excluding carboxylic acids is 2. The molecule has 0 aromatic carbocycles. The Morgan fingerprint density at radius 1 is 1.12 bits per heavy atom. The zero-order valence-electron chi connectivity index (χ0n) is 10.0. The molecule has 0 atom stereocenters. The topological polar surface area (TPSA) is 110 Å². The standard InChI is InChI=1S/C10H22N4O2/c1-3-10(4-2,7-11)8(15)13-5-6-14-9(12)16/h3-7,11H2,1-2H3,(H,13,15)(H3,12,14,16). The largest absolute Gasteiger partial charge is 0.354 e. The number of carbonyl (C=O) groups is 2. The van der Waals surface area contributed by atoms with Crippen LogP contribution >= 0.6 is 0 Å². The Kier molecular flexibility index (Phi) is 6.48. The fourth-order valence-corrected chi connectivity index (χ4v) is 1.50. The summed E-state index contributed by atoms with van der Waals surface area (Å²) < 4.78 is 0. The van der Waals surface area contributed by atoms with E-state index in [2.05, 4.69) is 10.6 Å². The molecule has 0 heterocycles. The monoisotopic (exact) mass is 230 g/mol. The van der Waals surface area contributed by atoms with E-state index in [4.69, 9.17) is 11.5 Å². The maximum atomic E-state index is 11.9. The zero-order chi connectivity index (χ0) is 12.6. The Morgan fingerprint density at radius 2 is 1.62 bits per heavy atom. The molecule has 0 aliphatic heterocycles. The number of primary amides is 1. The number of hydrogen-bond donors (Lipinski definition) is 4. The molecule has 0 radical (unpaired) electrons. The van der Waals surface area contributed by atoms with Crippen LogP contribution in [0.4, 0.5) is 4.79 Å². The summed E-state index contributed by atoms with van der Waals surface area (Å²) in [5.74, 6) is -0.0636. The van der Waals surface area contributed by atoms with Gasteiger partial charge in [-0.05, 0) is 12.8 Å². The Morgan fingerprint density at radius 3 is 2.00 bits per heavy atom. The van der Waals surface area contributed by atoms with Crippen molar-refractivity contribution in [3.05, 3.63) is 0 Å². The van der Waals surface area contributed by atoms with Gasteiger partial charge in [-0.3, -0.25) is 4.79 Å². The average Bonchev–Trinajstić information content (AvgIpc) is 2.27. The van der Waals surface area contributed by atoms with Crippen LogP contribution in [0.3, 0.4) is 0 Å². The second-order valence-electron chi connectivity index (χ2n) is 3.74. The molecule has 94 valence electrons. The van der Waals surface area contributed by atoms with Crippen LogP contribution in [-0.4, -0.2) is 31.6 Å². The number of rotatable bonds is 7. The summed E-state index contributed by atoms with van der Waals surface area (Å²) in [5.41, 5.74) is 10.0. The Bertz CT molecular complexity index is 231. The van der Waals surface area contributed by atoms with Gasteiger partial charge in [0.1, 0.15) is 0 Å². The fraction of sp³-hybridized carbons (Fsp3) is 0.800. The van der Waals surface area contributed by atoms with Crippen LogP contribution in [0.25, 0.3) is 0 Å². The lowest BCUT2D eigenvalue weighted by Gasteiger charge is -2.28. The first kappa shape index (κ1) is 14.7. The predicted molar refractivity (Wildman–Crippen MR) is 62.7 cm³/mol. The van der Waals surface area contributed by atoms with E-state index in [1.807, 2.05) is 13.8 Å². The molecule has 0 spiro atoms. The maximum Gasteiger partial charge on any atom is 0.312 e. The smallest absolute Gasteiger partial charge is 0.312 e. The summed E-state index contributed by atoms with van der Waals surface area (Å²) in [6.07, 6.45) is 1.41. The lowest BCUT2D eigenvalue weighted by Crippen LogP contribution is -2.47. The summed E-state index contributed by atoms with van der Waals surface area (Å²) in [5, 5.41) is 5.14. The van der Waals surface area contributed by atoms with Crippen LogP contribution in [-0.2, 0) is 4.79 Å². The molecule has 0 aromatic rings. The third-order valence-corrected chi connectivity index (χ3v) is 2.94. The Labute approximate surface area is 96.1 Å². The van der Waals surface area contributed by atoms with Crippen LogP contribution in [0.2, 0.25) is 0 Å². The predicted octanol–water partition coefficient (Wildman–Crippen LogP) is -0.464. The van der Waals surface area contributed by atoms with Gasteiger partial charge in [-0.25, -0.2) is 4.79 Å². The third-order valence-electron chi connectivity index (χ3n) is 2.94. The van der Waals surface area contributed by atoms with Crippen LogP contribution in [0.5, 0.6) is 0 Å². The first-order valence-corrected chi connectivity index (χ1v) is 5.54. The highest BCUT2D eigenvalue weighted by Crippen LogP contribution is 2.24. The molecule has 0 aliphatic carbocycles. The SMILES string of the molecule is CCC(CC)(CN)C(=O)NCCNC(N)=O. The van der Waals surface area contributed by atoms with E-state index in [0.29, 0.717) is 32.5 Å². The second kappa shape index (κ2) is 7.05. The quantitative estimate of drug-likeness (QED) is 0.444. The summed E-state index contributed by atoms with van der Waals surface area (Å²) in [4.78, 5) is 22.3. The molecule has 0 saturated carbocycles. The number of nitrogens with two attached hydrogens (primary N) is 2. The van der Waals surface area contributed by atoms with E-state index >= 15 is 0 Å². The molecular formula is C10H22N4O2. The van der Waals surface area contributed by atoms with Crippen LogP contribution in [0.15, 0.2) is 0 Å². The van der Waals surface area contributed by atoms with Crippen molar-refractivity contribution in [2.75, 3.05) is 19.6 Å². The zero-order valence-corrected chi connectivity index (χ0v) is 10.0. The van der Waals surface area contributed by atoms with Crippen molar-refractivity contribution >= 4 is 11.9 Å². The van der Waals surface area contributed by atoms with E-state index in [0.717, 1.165) is 0 Å². The molecule has 16 heavy (non-hydrogen) atoms. The first-order chi connectivity index (χ1) is 7.52. The molecular weight excluding hydrogens is 208 g/mol. The number of urea groups is 1. The lowest BCUT2D eigenvalue weighted by atomic mass is 9.81. The highest BCUT2D eigenvalue weighted by atomic mass is 16.2. The minimum atomic E-state index is -0.592. The van der Waals surface area contributed by atoms with Gasteiger partial charge in [0.25, 0.3) is 0 Å². The highest BCUT2D eigenvalue weighted by molar-refractivity contribution is 5.82. The third kappa shape index (κ3) is 4.06. The van der Waals surface area contributed by atoms with Crippen LogP contribution in [0.1, 0.15) is 26.7 Å². The van der Waals surface area contributed by atoms with Gasteiger partial charge in [-0.15, -0.1) is 0 Å². The summed E-state index contributed by atoms with van der Waals surface area (Å²) in [6.45, 7) is 4.91.